The molecule has 0 bridgehead atoms. The summed E-state index contributed by atoms with van der Waals surface area (Å²) < 4.78 is 44.7. The lowest BCUT2D eigenvalue weighted by Gasteiger charge is -2.08. The Balaban J connectivity index is 1.91. The van der Waals surface area contributed by atoms with Crippen LogP contribution in [-0.4, -0.2) is 22.5 Å². The summed E-state index contributed by atoms with van der Waals surface area (Å²) in [6.07, 6.45) is 0.554. The molecule has 0 aliphatic rings. The number of anilines is 1. The van der Waals surface area contributed by atoms with Crippen molar-refractivity contribution in [1.29, 1.82) is 0 Å². The van der Waals surface area contributed by atoms with Crippen molar-refractivity contribution in [2.75, 3.05) is 11.4 Å². The Labute approximate surface area is 165 Å². The fourth-order valence-electron chi connectivity index (χ4n) is 2.45. The molecule has 1 aromatic heterocycles. The third-order valence-corrected chi connectivity index (χ3v) is 5.38. The number of aliphatic hydroxyl groups excluding tert-OH is 1. The van der Waals surface area contributed by atoms with Gasteiger partial charge in [0.05, 0.1) is 27.1 Å². The number of alkyl halides is 1. The quantitative estimate of drug-likeness (QED) is 0.358. The first kappa shape index (κ1) is 19.4. The van der Waals surface area contributed by atoms with Crippen molar-refractivity contribution >= 4 is 56.1 Å². The fraction of sp³-hybridized carbons (Fsp3) is 0.176. The SMILES string of the molecule is OC(CF)Cn1cc(SNc2cc(F)c(Br)cc2F)c2ccc(Cl)cc21. The van der Waals surface area contributed by atoms with Crippen molar-refractivity contribution in [3.05, 3.63) is 57.7 Å². The Morgan fingerprint density at radius 3 is 2.73 bits per heavy atom. The van der Waals surface area contributed by atoms with Gasteiger partial charge in [0.2, 0.25) is 0 Å². The van der Waals surface area contributed by atoms with Gasteiger partial charge in [0, 0.05) is 22.7 Å². The molecule has 3 rings (SSSR count). The largest absolute Gasteiger partial charge is 0.389 e. The van der Waals surface area contributed by atoms with Crippen molar-refractivity contribution in [3.8, 4) is 0 Å². The predicted octanol–water partition coefficient (Wildman–Crippen LogP) is 5.79. The summed E-state index contributed by atoms with van der Waals surface area (Å²) in [5, 5.41) is 10.9. The van der Waals surface area contributed by atoms with Gasteiger partial charge in [-0.3, -0.25) is 0 Å². The van der Waals surface area contributed by atoms with E-state index in [9.17, 15) is 18.3 Å². The van der Waals surface area contributed by atoms with E-state index in [4.69, 9.17) is 11.6 Å². The van der Waals surface area contributed by atoms with Crippen LogP contribution in [0.1, 0.15) is 0 Å². The molecule has 1 unspecified atom stereocenters. The van der Waals surface area contributed by atoms with Crippen LogP contribution in [0.4, 0.5) is 18.9 Å². The first-order chi connectivity index (χ1) is 12.4. The number of hydrogen-bond acceptors (Lipinski definition) is 3. The molecule has 0 spiro atoms. The summed E-state index contributed by atoms with van der Waals surface area (Å²) in [5.74, 6) is -1.19. The van der Waals surface area contributed by atoms with E-state index in [0.29, 0.717) is 15.4 Å². The normalized spacial score (nSPS) is 12.5. The predicted molar refractivity (Wildman–Crippen MR) is 102 cm³/mol. The van der Waals surface area contributed by atoms with E-state index in [0.717, 1.165) is 29.5 Å². The van der Waals surface area contributed by atoms with Crippen LogP contribution in [0.15, 0.2) is 45.9 Å². The van der Waals surface area contributed by atoms with E-state index < -0.39 is 24.4 Å². The van der Waals surface area contributed by atoms with Gasteiger partial charge in [-0.15, -0.1) is 0 Å². The average Bonchev–Trinajstić information content (AvgIpc) is 2.93. The first-order valence-electron chi connectivity index (χ1n) is 7.49. The van der Waals surface area contributed by atoms with Gasteiger partial charge in [0.25, 0.3) is 0 Å². The standard InChI is InChI=1S/C17H13BrClF3N2OS/c18-12-4-14(22)15(5-13(12)21)23-26-17-8-24(7-10(25)6-20)16-3-9(19)1-2-11(16)17/h1-5,8,10,23,25H,6-7H2. The van der Waals surface area contributed by atoms with Gasteiger partial charge in [-0.25, -0.2) is 13.2 Å². The highest BCUT2D eigenvalue weighted by molar-refractivity contribution is 9.10. The zero-order chi connectivity index (χ0) is 18.8. The van der Waals surface area contributed by atoms with Gasteiger partial charge >= 0.3 is 0 Å². The minimum Gasteiger partial charge on any atom is -0.389 e. The highest BCUT2D eigenvalue weighted by Crippen LogP contribution is 2.34. The third-order valence-electron chi connectivity index (χ3n) is 3.67. The van der Waals surface area contributed by atoms with Crippen LogP contribution < -0.4 is 4.72 Å². The summed E-state index contributed by atoms with van der Waals surface area (Å²) in [6.45, 7) is -0.820. The van der Waals surface area contributed by atoms with Gasteiger partial charge in [0.1, 0.15) is 24.4 Å². The lowest BCUT2D eigenvalue weighted by molar-refractivity contribution is 0.123. The molecule has 2 aromatic carbocycles. The molecule has 9 heteroatoms. The van der Waals surface area contributed by atoms with E-state index >= 15 is 0 Å². The van der Waals surface area contributed by atoms with Crippen LogP contribution >= 0.6 is 39.5 Å². The Hall–Kier alpha value is -1.35. The monoisotopic (exact) mass is 464 g/mol. The summed E-state index contributed by atoms with van der Waals surface area (Å²) in [4.78, 5) is 0.699. The molecule has 3 aromatic rings. The van der Waals surface area contributed by atoms with Crippen molar-refractivity contribution in [3.63, 3.8) is 0 Å². The second-order valence-electron chi connectivity index (χ2n) is 5.57. The molecule has 26 heavy (non-hydrogen) atoms. The molecule has 138 valence electrons. The second kappa shape index (κ2) is 8.12. The lowest BCUT2D eigenvalue weighted by atomic mass is 10.2. The molecule has 1 heterocycles. The second-order valence-corrected chi connectivity index (χ2v) is 7.70. The Morgan fingerprint density at radius 1 is 1.23 bits per heavy atom. The lowest BCUT2D eigenvalue weighted by Crippen LogP contribution is -2.17. The zero-order valence-corrected chi connectivity index (χ0v) is 16.3. The highest BCUT2D eigenvalue weighted by atomic mass is 79.9. The number of rotatable bonds is 6. The number of aromatic nitrogens is 1. The van der Waals surface area contributed by atoms with Crippen LogP contribution in [0, 0.1) is 11.6 Å². The van der Waals surface area contributed by atoms with E-state index in [1.54, 1.807) is 29.0 Å². The number of halogens is 5. The molecular formula is C17H13BrClF3N2OS. The minimum atomic E-state index is -1.14. The number of nitrogens with one attached hydrogen (secondary N) is 1. The van der Waals surface area contributed by atoms with Crippen molar-refractivity contribution in [1.82, 2.24) is 4.57 Å². The van der Waals surface area contributed by atoms with Crippen LogP contribution in [0.2, 0.25) is 5.02 Å². The first-order valence-corrected chi connectivity index (χ1v) is 9.47. The average molecular weight is 466 g/mol. The number of fused-ring (bicyclic) bond motifs is 1. The number of benzene rings is 2. The van der Waals surface area contributed by atoms with E-state index in [2.05, 4.69) is 20.7 Å². The van der Waals surface area contributed by atoms with Crippen LogP contribution in [0.25, 0.3) is 10.9 Å². The molecule has 0 amide bonds. The van der Waals surface area contributed by atoms with Crippen LogP contribution in [0.5, 0.6) is 0 Å². The zero-order valence-electron chi connectivity index (χ0n) is 13.1. The van der Waals surface area contributed by atoms with Gasteiger partial charge in [-0.1, -0.05) is 17.7 Å². The molecule has 0 aliphatic heterocycles. The molecule has 0 saturated carbocycles. The maximum absolute atomic E-state index is 14.0. The molecule has 3 nitrogen and oxygen atoms in total. The maximum atomic E-state index is 14.0. The molecule has 0 radical (unpaired) electrons. The van der Waals surface area contributed by atoms with Crippen LogP contribution in [-0.2, 0) is 6.54 Å². The minimum absolute atomic E-state index is 0.00523. The molecule has 1 atom stereocenters. The van der Waals surface area contributed by atoms with Gasteiger partial charge in [-0.05, 0) is 46.1 Å². The summed E-state index contributed by atoms with van der Waals surface area (Å²) in [6, 6.07) is 7.27. The number of aliphatic hydroxyl groups is 1. The van der Waals surface area contributed by atoms with Crippen molar-refractivity contribution in [2.45, 2.75) is 17.5 Å². The molecule has 2 N–H and O–H groups in total. The molecular weight excluding hydrogens is 453 g/mol. The number of hydrogen-bond donors (Lipinski definition) is 2. The van der Waals surface area contributed by atoms with Crippen LogP contribution in [0.3, 0.4) is 0 Å². The smallest absolute Gasteiger partial charge is 0.148 e. The highest BCUT2D eigenvalue weighted by Gasteiger charge is 2.14. The summed E-state index contributed by atoms with van der Waals surface area (Å²) >= 11 is 10.0. The topological polar surface area (TPSA) is 37.2 Å². The summed E-state index contributed by atoms with van der Waals surface area (Å²) in [7, 11) is 0. The fourth-order valence-corrected chi connectivity index (χ4v) is 3.77. The van der Waals surface area contributed by atoms with Crippen molar-refractivity contribution < 1.29 is 18.3 Å². The Morgan fingerprint density at radius 2 is 2.00 bits per heavy atom. The van der Waals surface area contributed by atoms with E-state index in [-0.39, 0.29) is 16.7 Å². The van der Waals surface area contributed by atoms with Crippen molar-refractivity contribution in [2.24, 2.45) is 0 Å². The molecule has 0 saturated heterocycles. The van der Waals surface area contributed by atoms with Gasteiger partial charge in [-0.2, -0.15) is 0 Å². The third kappa shape index (κ3) is 4.14. The maximum Gasteiger partial charge on any atom is 0.148 e. The van der Waals surface area contributed by atoms with Gasteiger partial charge in [0.15, 0.2) is 0 Å². The molecule has 0 aliphatic carbocycles. The number of nitrogens with zero attached hydrogens (tertiary/aromatic N) is 1. The Bertz CT molecular complexity index is 953. The molecule has 0 fully saturated rings. The van der Waals surface area contributed by atoms with E-state index in [1.807, 2.05) is 0 Å². The van der Waals surface area contributed by atoms with Gasteiger partial charge < -0.3 is 14.4 Å². The summed E-state index contributed by atoms with van der Waals surface area (Å²) in [5.41, 5.74) is 0.700. The van der Waals surface area contributed by atoms with E-state index in [1.165, 1.54) is 0 Å². The Kier molecular flexibility index (Phi) is 6.06.